The Morgan fingerprint density at radius 2 is 1.81 bits per heavy atom. The van der Waals surface area contributed by atoms with E-state index in [1.165, 1.54) is 5.56 Å². The van der Waals surface area contributed by atoms with Crippen molar-refractivity contribution in [2.45, 2.75) is 27.2 Å². The fraction of sp³-hybridized carbons (Fsp3) is 0.353. The van der Waals surface area contributed by atoms with E-state index >= 15 is 0 Å². The first-order valence-corrected chi connectivity index (χ1v) is 7.24. The van der Waals surface area contributed by atoms with Gasteiger partial charge in [-0.15, -0.1) is 0 Å². The Balaban J connectivity index is 2.10. The Bertz CT molecular complexity index is 580. The van der Waals surface area contributed by atoms with Gasteiger partial charge in [0, 0.05) is 6.07 Å². The van der Waals surface area contributed by atoms with E-state index in [4.69, 9.17) is 15.2 Å². The van der Waals surface area contributed by atoms with Crippen molar-refractivity contribution in [3.05, 3.63) is 42.0 Å². The number of hydrogen-bond donors (Lipinski definition) is 1. The summed E-state index contributed by atoms with van der Waals surface area (Å²) in [7, 11) is 0. The lowest BCUT2D eigenvalue weighted by Crippen LogP contribution is -2.07. The highest BCUT2D eigenvalue weighted by molar-refractivity contribution is 5.49. The lowest BCUT2D eigenvalue weighted by molar-refractivity contribution is 0.260. The van der Waals surface area contributed by atoms with Gasteiger partial charge < -0.3 is 15.2 Å². The van der Waals surface area contributed by atoms with Gasteiger partial charge in [0.05, 0.1) is 12.3 Å². The Kier molecular flexibility index (Phi) is 5.04. The second-order valence-corrected chi connectivity index (χ2v) is 5.35. The molecule has 112 valence electrons. The van der Waals surface area contributed by atoms with Crippen molar-refractivity contribution in [2.24, 2.45) is 5.92 Å². The molecule has 1 aromatic heterocycles. The van der Waals surface area contributed by atoms with Gasteiger partial charge in [0.15, 0.2) is 0 Å². The van der Waals surface area contributed by atoms with Gasteiger partial charge in [0.25, 0.3) is 0 Å². The van der Waals surface area contributed by atoms with E-state index in [2.05, 4.69) is 25.8 Å². The molecule has 0 atom stereocenters. The molecular weight excluding hydrogens is 264 g/mol. The van der Waals surface area contributed by atoms with Gasteiger partial charge >= 0.3 is 0 Å². The van der Waals surface area contributed by atoms with E-state index in [0.717, 1.165) is 12.2 Å². The van der Waals surface area contributed by atoms with Crippen LogP contribution in [0.4, 0.5) is 5.69 Å². The summed E-state index contributed by atoms with van der Waals surface area (Å²) in [5, 5.41) is 0. The van der Waals surface area contributed by atoms with Crippen LogP contribution in [-0.2, 0) is 6.42 Å². The van der Waals surface area contributed by atoms with Gasteiger partial charge in [0.1, 0.15) is 5.75 Å². The Labute approximate surface area is 125 Å². The molecule has 0 radical (unpaired) electrons. The van der Waals surface area contributed by atoms with E-state index in [9.17, 15) is 0 Å². The van der Waals surface area contributed by atoms with E-state index in [1.54, 1.807) is 12.1 Å². The van der Waals surface area contributed by atoms with Crippen LogP contribution in [0.3, 0.4) is 0 Å². The van der Waals surface area contributed by atoms with Crippen molar-refractivity contribution in [3.63, 3.8) is 0 Å². The summed E-state index contributed by atoms with van der Waals surface area (Å²) in [4.78, 5) is 4.31. The lowest BCUT2D eigenvalue weighted by Gasteiger charge is -2.11. The lowest BCUT2D eigenvalue weighted by atomic mass is 10.2. The van der Waals surface area contributed by atoms with Gasteiger partial charge in [0.2, 0.25) is 11.8 Å². The number of pyridine rings is 1. The van der Waals surface area contributed by atoms with Crippen LogP contribution in [0.25, 0.3) is 0 Å². The maximum absolute atomic E-state index is 5.86. The van der Waals surface area contributed by atoms with Crippen molar-refractivity contribution < 1.29 is 9.47 Å². The van der Waals surface area contributed by atoms with Crippen LogP contribution in [0.15, 0.2) is 36.4 Å². The average molecular weight is 286 g/mol. The van der Waals surface area contributed by atoms with Crippen molar-refractivity contribution in [1.82, 2.24) is 4.98 Å². The number of nitrogens with zero attached hydrogens (tertiary/aromatic N) is 1. The third-order valence-corrected chi connectivity index (χ3v) is 2.97. The second kappa shape index (κ2) is 6.97. The zero-order chi connectivity index (χ0) is 15.2. The molecule has 0 spiro atoms. The third-order valence-electron chi connectivity index (χ3n) is 2.97. The van der Waals surface area contributed by atoms with Crippen LogP contribution >= 0.6 is 0 Å². The van der Waals surface area contributed by atoms with Crippen molar-refractivity contribution >= 4 is 5.69 Å². The van der Waals surface area contributed by atoms with E-state index < -0.39 is 0 Å². The molecule has 4 heteroatoms. The minimum atomic E-state index is 0.414. The number of nitrogen functional groups attached to an aromatic ring is 1. The smallest absolute Gasteiger partial charge is 0.240 e. The van der Waals surface area contributed by atoms with Gasteiger partial charge in [-0.25, -0.2) is 0 Å². The molecule has 0 aliphatic heterocycles. The number of aromatic nitrogens is 1. The first-order chi connectivity index (χ1) is 10.1. The molecule has 1 aromatic carbocycles. The number of aryl methyl sites for hydroxylation is 1. The largest absolute Gasteiger partial charge is 0.476 e. The summed E-state index contributed by atoms with van der Waals surface area (Å²) in [6.45, 7) is 6.85. The molecular formula is C17H22N2O2. The van der Waals surface area contributed by atoms with Crippen LogP contribution in [-0.4, -0.2) is 11.6 Å². The minimum absolute atomic E-state index is 0.414. The zero-order valence-electron chi connectivity index (χ0n) is 12.8. The van der Waals surface area contributed by atoms with Gasteiger partial charge in [-0.3, -0.25) is 0 Å². The molecule has 0 aliphatic rings. The highest BCUT2D eigenvalue weighted by Gasteiger charge is 2.07. The first-order valence-electron chi connectivity index (χ1n) is 7.24. The summed E-state index contributed by atoms with van der Waals surface area (Å²) in [5.74, 6) is 2.07. The summed E-state index contributed by atoms with van der Waals surface area (Å²) in [6.07, 6.45) is 1.01. The molecule has 0 saturated carbocycles. The molecule has 1 heterocycles. The molecule has 0 saturated heterocycles. The van der Waals surface area contributed by atoms with E-state index in [-0.39, 0.29) is 0 Å². The first kappa shape index (κ1) is 15.2. The number of nitrogens with two attached hydrogens (primary N) is 1. The quantitative estimate of drug-likeness (QED) is 0.870. The molecule has 0 amide bonds. The van der Waals surface area contributed by atoms with E-state index in [0.29, 0.717) is 30.0 Å². The molecule has 0 aliphatic carbocycles. The normalized spacial score (nSPS) is 10.7. The summed E-state index contributed by atoms with van der Waals surface area (Å²) < 4.78 is 11.3. The molecule has 2 N–H and O–H groups in total. The topological polar surface area (TPSA) is 57.4 Å². The summed E-state index contributed by atoms with van der Waals surface area (Å²) >= 11 is 0. The maximum Gasteiger partial charge on any atom is 0.240 e. The Hall–Kier alpha value is -2.23. The minimum Gasteiger partial charge on any atom is -0.476 e. The van der Waals surface area contributed by atoms with Gasteiger partial charge in [-0.05, 0) is 36.1 Å². The fourth-order valence-corrected chi connectivity index (χ4v) is 1.77. The van der Waals surface area contributed by atoms with Crippen molar-refractivity contribution in [2.75, 3.05) is 12.3 Å². The maximum atomic E-state index is 5.86. The van der Waals surface area contributed by atoms with E-state index in [1.807, 2.05) is 24.3 Å². The van der Waals surface area contributed by atoms with Crippen molar-refractivity contribution in [1.29, 1.82) is 0 Å². The predicted molar refractivity (Wildman–Crippen MR) is 84.9 cm³/mol. The molecule has 0 unspecified atom stereocenters. The molecule has 21 heavy (non-hydrogen) atoms. The number of benzene rings is 1. The average Bonchev–Trinajstić information content (AvgIpc) is 2.48. The number of hydrogen-bond acceptors (Lipinski definition) is 4. The standard InChI is InChI=1S/C17H22N2O2/c1-4-13-5-7-14(8-6-13)21-16-10-9-15(18)17(19-16)20-11-12(2)3/h5-10,12H,4,11,18H2,1-3H3. The van der Waals surface area contributed by atoms with Crippen LogP contribution in [0.1, 0.15) is 26.3 Å². The molecule has 4 nitrogen and oxygen atoms in total. The van der Waals surface area contributed by atoms with Crippen LogP contribution in [0.5, 0.6) is 17.5 Å². The third kappa shape index (κ3) is 4.38. The second-order valence-electron chi connectivity index (χ2n) is 5.35. The SMILES string of the molecule is CCc1ccc(Oc2ccc(N)c(OCC(C)C)n2)cc1. The summed E-state index contributed by atoms with van der Waals surface area (Å²) in [5.41, 5.74) is 7.65. The Morgan fingerprint density at radius 3 is 2.43 bits per heavy atom. The highest BCUT2D eigenvalue weighted by Crippen LogP contribution is 2.26. The number of rotatable bonds is 6. The van der Waals surface area contributed by atoms with Crippen molar-refractivity contribution in [3.8, 4) is 17.5 Å². The van der Waals surface area contributed by atoms with Gasteiger partial charge in [-0.1, -0.05) is 32.9 Å². The molecule has 0 fully saturated rings. The number of ether oxygens (including phenoxy) is 2. The molecule has 0 bridgehead atoms. The zero-order valence-corrected chi connectivity index (χ0v) is 12.8. The van der Waals surface area contributed by atoms with Crippen LogP contribution < -0.4 is 15.2 Å². The fourth-order valence-electron chi connectivity index (χ4n) is 1.77. The Morgan fingerprint density at radius 1 is 1.10 bits per heavy atom. The van der Waals surface area contributed by atoms with Crippen LogP contribution in [0.2, 0.25) is 0 Å². The molecule has 2 aromatic rings. The highest BCUT2D eigenvalue weighted by atomic mass is 16.5. The predicted octanol–water partition coefficient (Wildman–Crippen LogP) is 4.05. The monoisotopic (exact) mass is 286 g/mol. The summed E-state index contributed by atoms with van der Waals surface area (Å²) in [6, 6.07) is 11.5. The number of anilines is 1. The van der Waals surface area contributed by atoms with Gasteiger partial charge in [-0.2, -0.15) is 4.98 Å². The molecule has 2 rings (SSSR count). The van der Waals surface area contributed by atoms with Crippen LogP contribution in [0, 0.1) is 5.92 Å².